The summed E-state index contributed by atoms with van der Waals surface area (Å²) in [5.41, 5.74) is 3.06. The van der Waals surface area contributed by atoms with Crippen molar-refractivity contribution in [2.75, 3.05) is 18.0 Å². The summed E-state index contributed by atoms with van der Waals surface area (Å²) in [6, 6.07) is 9.75. The lowest BCUT2D eigenvalue weighted by atomic mass is 10.1. The summed E-state index contributed by atoms with van der Waals surface area (Å²) in [4.78, 5) is 33.9. The van der Waals surface area contributed by atoms with Gasteiger partial charge in [0, 0.05) is 37.2 Å². The highest BCUT2D eigenvalue weighted by atomic mass is 16.2. The monoisotopic (exact) mass is 365 g/mol. The van der Waals surface area contributed by atoms with Gasteiger partial charge in [-0.05, 0) is 43.9 Å². The second-order valence-electron chi connectivity index (χ2n) is 7.11. The summed E-state index contributed by atoms with van der Waals surface area (Å²) < 4.78 is 0. The predicted octanol–water partition coefficient (Wildman–Crippen LogP) is 3.94. The van der Waals surface area contributed by atoms with Crippen molar-refractivity contribution in [1.29, 1.82) is 0 Å². The molecule has 1 unspecified atom stereocenters. The van der Waals surface area contributed by atoms with Gasteiger partial charge in [-0.1, -0.05) is 32.0 Å². The molecule has 1 aromatic heterocycles. The van der Waals surface area contributed by atoms with Gasteiger partial charge < -0.3 is 9.80 Å². The number of benzene rings is 1. The molecule has 1 aromatic carbocycles. The van der Waals surface area contributed by atoms with Crippen LogP contribution in [0.25, 0.3) is 0 Å². The van der Waals surface area contributed by atoms with Crippen molar-refractivity contribution in [2.24, 2.45) is 0 Å². The molecule has 27 heavy (non-hydrogen) atoms. The fourth-order valence-electron chi connectivity index (χ4n) is 3.73. The van der Waals surface area contributed by atoms with Crippen molar-refractivity contribution in [3.63, 3.8) is 0 Å². The Kier molecular flexibility index (Phi) is 5.89. The van der Waals surface area contributed by atoms with Gasteiger partial charge in [0.1, 0.15) is 0 Å². The van der Waals surface area contributed by atoms with Crippen molar-refractivity contribution < 1.29 is 9.59 Å². The number of hydrogen-bond acceptors (Lipinski definition) is 3. The van der Waals surface area contributed by atoms with E-state index in [0.29, 0.717) is 24.2 Å². The lowest BCUT2D eigenvalue weighted by Gasteiger charge is -2.24. The first-order valence-corrected chi connectivity index (χ1v) is 9.72. The van der Waals surface area contributed by atoms with Gasteiger partial charge in [0.15, 0.2) is 0 Å². The minimum atomic E-state index is -0.105. The number of amides is 2. The summed E-state index contributed by atoms with van der Waals surface area (Å²) in [5, 5.41) is 0. The molecule has 3 rings (SSSR count). The number of rotatable bonds is 6. The Hall–Kier alpha value is -2.69. The molecule has 2 aromatic rings. The maximum Gasteiger partial charge on any atom is 0.260 e. The summed E-state index contributed by atoms with van der Waals surface area (Å²) in [6.07, 6.45) is 5.75. The average Bonchev–Trinajstić information content (AvgIpc) is 3.02. The van der Waals surface area contributed by atoms with E-state index in [4.69, 9.17) is 0 Å². The van der Waals surface area contributed by atoms with Crippen molar-refractivity contribution in [2.45, 2.75) is 46.1 Å². The minimum absolute atomic E-state index is 0.0595. The number of aromatic nitrogens is 1. The van der Waals surface area contributed by atoms with Crippen LogP contribution < -0.4 is 4.90 Å². The van der Waals surface area contributed by atoms with E-state index in [1.54, 1.807) is 18.5 Å². The highest BCUT2D eigenvalue weighted by molar-refractivity contribution is 6.08. The lowest BCUT2D eigenvalue weighted by molar-refractivity contribution is 0.0755. The third-order valence-electron chi connectivity index (χ3n) is 4.93. The number of pyridine rings is 1. The summed E-state index contributed by atoms with van der Waals surface area (Å²) in [5.74, 6) is -0.164. The fraction of sp³-hybridized carbons (Fsp3) is 0.409. The van der Waals surface area contributed by atoms with Crippen molar-refractivity contribution in [1.82, 2.24) is 9.88 Å². The number of hydrogen-bond donors (Lipinski definition) is 0. The molecule has 0 radical (unpaired) electrons. The Morgan fingerprint density at radius 3 is 2.48 bits per heavy atom. The minimum Gasteiger partial charge on any atom is -0.339 e. The van der Waals surface area contributed by atoms with E-state index in [0.717, 1.165) is 24.9 Å². The fourth-order valence-corrected chi connectivity index (χ4v) is 3.73. The van der Waals surface area contributed by atoms with Crippen LogP contribution in [-0.2, 0) is 6.42 Å². The molecule has 2 heterocycles. The van der Waals surface area contributed by atoms with Crippen LogP contribution >= 0.6 is 0 Å². The van der Waals surface area contributed by atoms with Crippen LogP contribution in [0.15, 0.2) is 42.7 Å². The Morgan fingerprint density at radius 2 is 1.78 bits per heavy atom. The molecule has 0 spiro atoms. The molecule has 0 N–H and O–H groups in total. The van der Waals surface area contributed by atoms with E-state index in [-0.39, 0.29) is 17.9 Å². The maximum atomic E-state index is 13.2. The van der Waals surface area contributed by atoms with Gasteiger partial charge in [-0.15, -0.1) is 0 Å². The van der Waals surface area contributed by atoms with E-state index in [2.05, 4.69) is 24.9 Å². The summed E-state index contributed by atoms with van der Waals surface area (Å²) in [7, 11) is 0. The number of anilines is 1. The van der Waals surface area contributed by atoms with Crippen LogP contribution in [-0.4, -0.2) is 40.8 Å². The standard InChI is InChI=1S/C22H27N3O2/c1-4-10-24(11-5-2)21(26)18-13-19(15-23-14-18)22(27)25-16(3)12-17-8-6-7-9-20(17)25/h6-9,13-16H,4-5,10-12H2,1-3H3. The molecule has 0 saturated heterocycles. The number of carbonyl (C=O) groups is 2. The third-order valence-corrected chi connectivity index (χ3v) is 4.93. The van der Waals surface area contributed by atoms with Gasteiger partial charge in [0.2, 0.25) is 0 Å². The van der Waals surface area contributed by atoms with Gasteiger partial charge >= 0.3 is 0 Å². The Balaban J connectivity index is 1.87. The normalized spacial score (nSPS) is 15.5. The number of carbonyl (C=O) groups excluding carboxylic acids is 2. The van der Waals surface area contributed by atoms with Gasteiger partial charge in [0.25, 0.3) is 11.8 Å². The molecular weight excluding hydrogens is 338 g/mol. The van der Waals surface area contributed by atoms with Crippen LogP contribution in [0, 0.1) is 0 Å². The molecular formula is C22H27N3O2. The topological polar surface area (TPSA) is 53.5 Å². The number of fused-ring (bicyclic) bond motifs is 1. The zero-order valence-electron chi connectivity index (χ0n) is 16.3. The molecule has 0 aliphatic carbocycles. The lowest BCUT2D eigenvalue weighted by Crippen LogP contribution is -2.36. The molecule has 142 valence electrons. The van der Waals surface area contributed by atoms with Gasteiger partial charge in [-0.3, -0.25) is 14.6 Å². The second-order valence-corrected chi connectivity index (χ2v) is 7.11. The summed E-state index contributed by atoms with van der Waals surface area (Å²) in [6.45, 7) is 7.58. The summed E-state index contributed by atoms with van der Waals surface area (Å²) >= 11 is 0. The van der Waals surface area contributed by atoms with Crippen LogP contribution in [0.3, 0.4) is 0 Å². The van der Waals surface area contributed by atoms with Gasteiger partial charge in [0.05, 0.1) is 11.1 Å². The van der Waals surface area contributed by atoms with Crippen LogP contribution in [0.5, 0.6) is 0 Å². The van der Waals surface area contributed by atoms with E-state index in [1.165, 1.54) is 5.56 Å². The zero-order valence-corrected chi connectivity index (χ0v) is 16.3. The quantitative estimate of drug-likeness (QED) is 0.779. The highest BCUT2D eigenvalue weighted by Gasteiger charge is 2.31. The first kappa shape index (κ1) is 19.1. The average molecular weight is 365 g/mol. The van der Waals surface area contributed by atoms with E-state index in [1.807, 2.05) is 34.9 Å². The molecule has 0 fully saturated rings. The van der Waals surface area contributed by atoms with E-state index >= 15 is 0 Å². The molecule has 5 heteroatoms. The predicted molar refractivity (Wildman–Crippen MR) is 107 cm³/mol. The first-order valence-electron chi connectivity index (χ1n) is 9.72. The molecule has 5 nitrogen and oxygen atoms in total. The van der Waals surface area contributed by atoms with Crippen LogP contribution in [0.1, 0.15) is 59.9 Å². The molecule has 1 aliphatic rings. The van der Waals surface area contributed by atoms with Crippen molar-refractivity contribution >= 4 is 17.5 Å². The molecule has 1 aliphatic heterocycles. The smallest absolute Gasteiger partial charge is 0.260 e. The maximum absolute atomic E-state index is 13.2. The molecule has 1 atom stereocenters. The number of nitrogens with zero attached hydrogens (tertiary/aromatic N) is 3. The SMILES string of the molecule is CCCN(CCC)C(=O)c1cncc(C(=O)N2c3ccccc3CC2C)c1. The largest absolute Gasteiger partial charge is 0.339 e. The van der Waals surface area contributed by atoms with Crippen LogP contribution in [0.2, 0.25) is 0 Å². The third kappa shape index (κ3) is 3.87. The molecule has 2 amide bonds. The van der Waals surface area contributed by atoms with Crippen molar-refractivity contribution in [3.05, 3.63) is 59.4 Å². The van der Waals surface area contributed by atoms with Crippen molar-refractivity contribution in [3.8, 4) is 0 Å². The Bertz CT molecular complexity index is 828. The van der Waals surface area contributed by atoms with E-state index < -0.39 is 0 Å². The molecule has 0 bridgehead atoms. The Labute approximate surface area is 161 Å². The van der Waals surface area contributed by atoms with Gasteiger partial charge in [-0.2, -0.15) is 0 Å². The van der Waals surface area contributed by atoms with E-state index in [9.17, 15) is 9.59 Å². The second kappa shape index (κ2) is 8.33. The van der Waals surface area contributed by atoms with Gasteiger partial charge in [-0.25, -0.2) is 0 Å². The Morgan fingerprint density at radius 1 is 1.11 bits per heavy atom. The molecule has 0 saturated carbocycles. The highest BCUT2D eigenvalue weighted by Crippen LogP contribution is 2.33. The first-order chi connectivity index (χ1) is 13.1. The number of para-hydroxylation sites is 1. The van der Waals surface area contributed by atoms with Crippen LogP contribution in [0.4, 0.5) is 5.69 Å². The zero-order chi connectivity index (χ0) is 19.4.